The molecule has 1 atom stereocenters. The van der Waals surface area contributed by atoms with E-state index in [1.54, 1.807) is 25.2 Å². The molecule has 1 saturated heterocycles. The van der Waals surface area contributed by atoms with E-state index < -0.39 is 9.84 Å². The third kappa shape index (κ3) is 4.27. The van der Waals surface area contributed by atoms with Crippen molar-refractivity contribution in [3.8, 4) is 0 Å². The number of likely N-dealkylation sites (N-methyl/N-ethyl adjacent to an activating group) is 1. The summed E-state index contributed by atoms with van der Waals surface area (Å²) in [7, 11) is -1.50. The second kappa shape index (κ2) is 7.11. The molecule has 24 heavy (non-hydrogen) atoms. The van der Waals surface area contributed by atoms with Crippen molar-refractivity contribution in [2.24, 2.45) is 0 Å². The number of carbonyl (C=O) groups is 2. The Labute approximate surface area is 147 Å². The van der Waals surface area contributed by atoms with E-state index in [9.17, 15) is 18.0 Å². The number of amides is 2. The maximum atomic E-state index is 12.5. The van der Waals surface area contributed by atoms with Gasteiger partial charge in [0.25, 0.3) is 0 Å². The predicted octanol–water partition coefficient (Wildman–Crippen LogP) is 1.65. The van der Waals surface area contributed by atoms with Gasteiger partial charge in [0.05, 0.1) is 11.5 Å². The van der Waals surface area contributed by atoms with Crippen LogP contribution in [0.15, 0.2) is 18.2 Å². The average molecular weight is 373 g/mol. The Kier molecular flexibility index (Phi) is 5.55. The fourth-order valence-corrected chi connectivity index (χ4v) is 4.61. The van der Waals surface area contributed by atoms with Gasteiger partial charge in [0, 0.05) is 30.7 Å². The van der Waals surface area contributed by atoms with Gasteiger partial charge in [-0.2, -0.15) is 0 Å². The molecule has 1 fully saturated rings. The Morgan fingerprint density at radius 1 is 1.33 bits per heavy atom. The molecule has 0 bridgehead atoms. The van der Waals surface area contributed by atoms with E-state index in [4.69, 9.17) is 11.6 Å². The highest BCUT2D eigenvalue weighted by Crippen LogP contribution is 2.24. The highest BCUT2D eigenvalue weighted by molar-refractivity contribution is 7.91. The van der Waals surface area contributed by atoms with Crippen LogP contribution in [-0.4, -0.2) is 56.3 Å². The van der Waals surface area contributed by atoms with Crippen molar-refractivity contribution in [2.75, 3.05) is 30.0 Å². The van der Waals surface area contributed by atoms with Crippen LogP contribution < -0.4 is 4.90 Å². The van der Waals surface area contributed by atoms with Gasteiger partial charge in [-0.05, 0) is 31.0 Å². The molecule has 1 aliphatic heterocycles. The van der Waals surface area contributed by atoms with Crippen molar-refractivity contribution in [2.45, 2.75) is 26.3 Å². The Morgan fingerprint density at radius 2 is 2.00 bits per heavy atom. The fraction of sp³-hybridized carbons (Fsp3) is 0.500. The highest BCUT2D eigenvalue weighted by atomic mass is 35.5. The molecule has 2 rings (SSSR count). The van der Waals surface area contributed by atoms with Gasteiger partial charge >= 0.3 is 0 Å². The number of hydrogen-bond acceptors (Lipinski definition) is 4. The van der Waals surface area contributed by atoms with E-state index in [-0.39, 0.29) is 35.9 Å². The van der Waals surface area contributed by atoms with Crippen molar-refractivity contribution in [1.82, 2.24) is 4.90 Å². The number of aryl methyl sites for hydroxylation is 1. The van der Waals surface area contributed by atoms with Crippen molar-refractivity contribution >= 4 is 38.9 Å². The van der Waals surface area contributed by atoms with Crippen LogP contribution in [0, 0.1) is 6.92 Å². The smallest absolute Gasteiger partial charge is 0.242 e. The molecule has 6 nitrogen and oxygen atoms in total. The van der Waals surface area contributed by atoms with Crippen molar-refractivity contribution in [3.05, 3.63) is 28.8 Å². The molecular formula is C16H21ClN2O4S. The number of rotatable bonds is 4. The van der Waals surface area contributed by atoms with Gasteiger partial charge in [-0.15, -0.1) is 0 Å². The number of carbonyl (C=O) groups excluding carboxylic acids is 2. The lowest BCUT2D eigenvalue weighted by Crippen LogP contribution is -2.45. The van der Waals surface area contributed by atoms with E-state index in [0.29, 0.717) is 17.1 Å². The molecular weight excluding hydrogens is 352 g/mol. The number of nitrogens with zero attached hydrogens (tertiary/aromatic N) is 2. The molecule has 0 N–H and O–H groups in total. The summed E-state index contributed by atoms with van der Waals surface area (Å²) in [6, 6.07) is 4.82. The number of anilines is 1. The summed E-state index contributed by atoms with van der Waals surface area (Å²) in [4.78, 5) is 27.2. The highest BCUT2D eigenvalue weighted by Gasteiger charge is 2.33. The average Bonchev–Trinajstić information content (AvgIpc) is 2.86. The summed E-state index contributed by atoms with van der Waals surface area (Å²) in [5, 5.41) is 0.515. The lowest BCUT2D eigenvalue weighted by atomic mass is 10.2. The Balaban J connectivity index is 2.14. The largest absolute Gasteiger partial charge is 0.340 e. The van der Waals surface area contributed by atoms with Crippen LogP contribution in [0.1, 0.15) is 18.9 Å². The second-order valence-corrected chi connectivity index (χ2v) is 8.74. The summed E-state index contributed by atoms with van der Waals surface area (Å²) >= 11 is 6.10. The summed E-state index contributed by atoms with van der Waals surface area (Å²) in [6.45, 7) is 3.08. The van der Waals surface area contributed by atoms with E-state index in [0.717, 1.165) is 5.56 Å². The van der Waals surface area contributed by atoms with Crippen LogP contribution in [-0.2, 0) is 19.4 Å². The minimum Gasteiger partial charge on any atom is -0.340 e. The number of hydrogen-bond donors (Lipinski definition) is 0. The van der Waals surface area contributed by atoms with Crippen LogP contribution in [0.4, 0.5) is 5.69 Å². The van der Waals surface area contributed by atoms with E-state index in [2.05, 4.69) is 0 Å². The molecule has 1 aliphatic rings. The topological polar surface area (TPSA) is 74.8 Å². The summed E-state index contributed by atoms with van der Waals surface area (Å²) in [6.07, 6.45) is 0.432. The summed E-state index contributed by atoms with van der Waals surface area (Å²) < 4.78 is 23.1. The van der Waals surface area contributed by atoms with Crippen LogP contribution in [0.2, 0.25) is 5.02 Å². The van der Waals surface area contributed by atoms with E-state index in [1.807, 2.05) is 6.92 Å². The van der Waals surface area contributed by atoms with Crippen molar-refractivity contribution < 1.29 is 18.0 Å². The zero-order valence-electron chi connectivity index (χ0n) is 14.0. The standard InChI is InChI=1S/C16H21ClN2O4S/c1-11-4-5-13(8-15(11)17)19(12(2)20)9-16(21)18(3)14-6-7-24(22,23)10-14/h4-5,8,14H,6-7,9-10H2,1-3H3. The van der Waals surface area contributed by atoms with Crippen molar-refractivity contribution in [3.63, 3.8) is 0 Å². The van der Waals surface area contributed by atoms with Gasteiger partial charge in [-0.1, -0.05) is 17.7 Å². The van der Waals surface area contributed by atoms with Gasteiger partial charge in [0.1, 0.15) is 6.54 Å². The molecule has 0 saturated carbocycles. The third-order valence-corrected chi connectivity index (χ3v) is 6.45. The number of sulfone groups is 1. The van der Waals surface area contributed by atoms with Crippen LogP contribution in [0.5, 0.6) is 0 Å². The lowest BCUT2D eigenvalue weighted by molar-refractivity contribution is -0.131. The predicted molar refractivity (Wildman–Crippen MR) is 94.0 cm³/mol. The molecule has 0 aromatic heterocycles. The molecule has 132 valence electrons. The first-order valence-electron chi connectivity index (χ1n) is 7.61. The zero-order valence-corrected chi connectivity index (χ0v) is 15.5. The Hall–Kier alpha value is -1.60. The second-order valence-electron chi connectivity index (χ2n) is 6.10. The first-order valence-corrected chi connectivity index (χ1v) is 9.81. The monoisotopic (exact) mass is 372 g/mol. The van der Waals surface area contributed by atoms with Gasteiger partial charge < -0.3 is 9.80 Å². The minimum absolute atomic E-state index is 0.0222. The fourth-order valence-electron chi connectivity index (χ4n) is 2.67. The maximum Gasteiger partial charge on any atom is 0.242 e. The molecule has 8 heteroatoms. The Bertz CT molecular complexity index is 763. The molecule has 1 unspecified atom stereocenters. The lowest BCUT2D eigenvalue weighted by Gasteiger charge is -2.28. The zero-order chi connectivity index (χ0) is 18.1. The van der Waals surface area contributed by atoms with Crippen LogP contribution in [0.25, 0.3) is 0 Å². The van der Waals surface area contributed by atoms with Gasteiger partial charge in [-0.25, -0.2) is 8.42 Å². The van der Waals surface area contributed by atoms with Gasteiger partial charge in [-0.3, -0.25) is 9.59 Å². The molecule has 2 amide bonds. The van der Waals surface area contributed by atoms with Crippen LogP contribution >= 0.6 is 11.6 Å². The molecule has 0 radical (unpaired) electrons. The van der Waals surface area contributed by atoms with Crippen LogP contribution in [0.3, 0.4) is 0 Å². The number of halogens is 1. The third-order valence-electron chi connectivity index (χ3n) is 4.29. The van der Waals surface area contributed by atoms with Gasteiger partial charge in [0.15, 0.2) is 9.84 Å². The quantitative estimate of drug-likeness (QED) is 0.805. The first-order chi connectivity index (χ1) is 11.1. The summed E-state index contributed by atoms with van der Waals surface area (Å²) in [5.41, 5.74) is 1.42. The first kappa shape index (κ1) is 18.7. The van der Waals surface area contributed by atoms with E-state index in [1.165, 1.54) is 16.7 Å². The maximum absolute atomic E-state index is 12.5. The molecule has 0 spiro atoms. The number of benzene rings is 1. The molecule has 1 heterocycles. The molecule has 1 aromatic rings. The van der Waals surface area contributed by atoms with Gasteiger partial charge in [0.2, 0.25) is 11.8 Å². The molecule has 0 aliphatic carbocycles. The van der Waals surface area contributed by atoms with Crippen molar-refractivity contribution in [1.29, 1.82) is 0 Å². The summed E-state index contributed by atoms with van der Waals surface area (Å²) in [5.74, 6) is -0.509. The molecule has 1 aromatic carbocycles. The normalized spacial score (nSPS) is 19.1. The van der Waals surface area contributed by atoms with E-state index >= 15 is 0 Å². The SMILES string of the molecule is CC(=O)N(CC(=O)N(C)C1CCS(=O)(=O)C1)c1ccc(C)c(Cl)c1. The minimum atomic E-state index is -3.07. The Morgan fingerprint density at radius 3 is 2.50 bits per heavy atom.